The normalized spacial score (nSPS) is 17.4. The maximum absolute atomic E-state index is 14.5. The number of amides is 4. The van der Waals surface area contributed by atoms with E-state index in [1.165, 1.54) is 34.1 Å². The third-order valence-electron chi connectivity index (χ3n) is 9.44. The van der Waals surface area contributed by atoms with Gasteiger partial charge in [0.15, 0.2) is 5.78 Å². The van der Waals surface area contributed by atoms with Crippen molar-refractivity contribution in [3.8, 4) is 11.1 Å². The van der Waals surface area contributed by atoms with E-state index in [1.807, 2.05) is 54.6 Å². The van der Waals surface area contributed by atoms with E-state index in [4.69, 9.17) is 4.74 Å². The fraction of sp³-hybridized carbons (Fsp3) is 0.140. The number of imide groups is 1. The highest BCUT2D eigenvalue weighted by Gasteiger charge is 2.42. The average molecular weight is 740 g/mol. The summed E-state index contributed by atoms with van der Waals surface area (Å²) in [4.78, 5) is 69.2. The second-order valence-electron chi connectivity index (χ2n) is 12.9. The zero-order valence-corrected chi connectivity index (χ0v) is 29.9. The molecule has 0 unspecified atom stereocenters. The van der Waals surface area contributed by atoms with Crippen LogP contribution in [0.4, 0.5) is 14.9 Å². The molecule has 2 aliphatic rings. The van der Waals surface area contributed by atoms with Crippen LogP contribution in [-0.4, -0.2) is 59.4 Å². The van der Waals surface area contributed by atoms with E-state index < -0.39 is 40.8 Å². The van der Waals surface area contributed by atoms with Crippen LogP contribution in [0.15, 0.2) is 132 Å². The van der Waals surface area contributed by atoms with E-state index in [0.29, 0.717) is 11.3 Å². The van der Waals surface area contributed by atoms with Gasteiger partial charge in [-0.2, -0.15) is 0 Å². The third-order valence-corrected chi connectivity index (χ3v) is 10.3. The van der Waals surface area contributed by atoms with E-state index in [2.05, 4.69) is 5.32 Å². The van der Waals surface area contributed by atoms with Crippen molar-refractivity contribution in [1.82, 2.24) is 10.2 Å². The molecule has 7 rings (SSSR count). The molecule has 0 bridgehead atoms. The summed E-state index contributed by atoms with van der Waals surface area (Å²) in [5.41, 5.74) is 4.69. The largest absolute Gasteiger partial charge is 0.372 e. The molecular weight excluding hydrogens is 706 g/mol. The minimum absolute atomic E-state index is 0.0978. The van der Waals surface area contributed by atoms with Gasteiger partial charge in [0.2, 0.25) is 5.91 Å². The van der Waals surface area contributed by atoms with Gasteiger partial charge in [0.25, 0.3) is 17.1 Å². The summed E-state index contributed by atoms with van der Waals surface area (Å²) in [6.07, 6.45) is 1.30. The summed E-state index contributed by atoms with van der Waals surface area (Å²) in [6.45, 7) is 0.341. The van der Waals surface area contributed by atoms with Gasteiger partial charge < -0.3 is 14.5 Å². The van der Waals surface area contributed by atoms with Gasteiger partial charge in [-0.3, -0.25) is 29.3 Å². The summed E-state index contributed by atoms with van der Waals surface area (Å²) >= 11 is 0.817. The van der Waals surface area contributed by atoms with Gasteiger partial charge in [0.1, 0.15) is 11.9 Å². The highest BCUT2D eigenvalue weighted by atomic mass is 32.2. The minimum Gasteiger partial charge on any atom is -0.372 e. The summed E-state index contributed by atoms with van der Waals surface area (Å²) in [5.74, 6) is -2.26. The molecule has 0 aromatic heterocycles. The predicted octanol–water partition coefficient (Wildman–Crippen LogP) is 7.51. The fourth-order valence-corrected chi connectivity index (χ4v) is 7.31. The van der Waals surface area contributed by atoms with Gasteiger partial charge in [0.05, 0.1) is 23.2 Å². The lowest BCUT2D eigenvalue weighted by molar-refractivity contribution is -0.122. The Hall–Kier alpha value is -6.17. The number of thioether (sulfide) groups is 1. The Morgan fingerprint density at radius 3 is 2.22 bits per heavy atom. The van der Waals surface area contributed by atoms with Crippen molar-refractivity contribution in [2.45, 2.75) is 25.2 Å². The van der Waals surface area contributed by atoms with Gasteiger partial charge in [-0.25, -0.2) is 4.39 Å². The number of likely N-dealkylation sites (N-methyl/N-ethyl adjacent to an activating group) is 1. The number of rotatable bonds is 10. The zero-order valence-electron chi connectivity index (χ0n) is 29.1. The third kappa shape index (κ3) is 7.78. The van der Waals surface area contributed by atoms with Crippen molar-refractivity contribution in [2.24, 2.45) is 0 Å². The number of nitrogens with zero attached hydrogens (tertiary/aromatic N) is 2. The van der Waals surface area contributed by atoms with Crippen LogP contribution in [0.5, 0.6) is 0 Å². The molecule has 5 aromatic carbocycles. The lowest BCUT2D eigenvalue weighted by Gasteiger charge is -2.28. The first-order chi connectivity index (χ1) is 26.2. The van der Waals surface area contributed by atoms with Gasteiger partial charge in [-0.15, -0.1) is 0 Å². The summed E-state index contributed by atoms with van der Waals surface area (Å²) < 4.78 is 20.1. The number of halogens is 1. The number of hydrogen-bond donors (Lipinski definition) is 1. The van der Waals surface area contributed by atoms with E-state index in [1.54, 1.807) is 61.7 Å². The predicted molar refractivity (Wildman–Crippen MR) is 205 cm³/mol. The Kier molecular flexibility index (Phi) is 10.6. The Labute approximate surface area is 315 Å². The molecule has 2 saturated heterocycles. The van der Waals surface area contributed by atoms with Crippen LogP contribution in [-0.2, 0) is 20.9 Å². The first-order valence-electron chi connectivity index (χ1n) is 17.2. The molecule has 9 nitrogen and oxygen atoms in total. The Balaban J connectivity index is 1.16. The Bertz CT molecular complexity index is 2280. The number of benzene rings is 5. The van der Waals surface area contributed by atoms with Crippen LogP contribution in [0.25, 0.3) is 17.2 Å². The average Bonchev–Trinajstić information content (AvgIpc) is 3.78. The monoisotopic (exact) mass is 739 g/mol. The van der Waals surface area contributed by atoms with Crippen molar-refractivity contribution < 1.29 is 33.1 Å². The molecule has 2 aliphatic heterocycles. The zero-order chi connectivity index (χ0) is 37.8. The molecule has 1 N–H and O–H groups in total. The molecule has 11 heteroatoms. The second kappa shape index (κ2) is 15.8. The topological polar surface area (TPSA) is 113 Å². The molecular formula is C43H34FN3O6S. The van der Waals surface area contributed by atoms with Crippen LogP contribution >= 0.6 is 11.8 Å². The first kappa shape index (κ1) is 36.2. The van der Waals surface area contributed by atoms with Gasteiger partial charge in [0, 0.05) is 36.8 Å². The number of ether oxygens (including phenoxy) is 1. The summed E-state index contributed by atoms with van der Waals surface area (Å²) in [6, 6.07) is 35.4. The van der Waals surface area contributed by atoms with Gasteiger partial charge in [-0.1, -0.05) is 84.9 Å². The molecule has 5 aromatic rings. The molecule has 2 atom stereocenters. The summed E-state index contributed by atoms with van der Waals surface area (Å²) in [7, 11) is 1.62. The van der Waals surface area contributed by atoms with E-state index in [-0.39, 0.29) is 47.1 Å². The molecule has 54 heavy (non-hydrogen) atoms. The number of carbonyl (C=O) groups excluding carboxylic acids is 5. The van der Waals surface area contributed by atoms with Crippen LogP contribution in [0.2, 0.25) is 0 Å². The minimum atomic E-state index is -0.933. The first-order valence-corrected chi connectivity index (χ1v) is 18.1. The second-order valence-corrected chi connectivity index (χ2v) is 13.9. The number of ketones is 1. The van der Waals surface area contributed by atoms with Crippen LogP contribution in [0.3, 0.4) is 0 Å². The van der Waals surface area contributed by atoms with Gasteiger partial charge >= 0.3 is 0 Å². The van der Waals surface area contributed by atoms with Crippen LogP contribution in [0.1, 0.15) is 43.8 Å². The quantitative estimate of drug-likeness (QED) is 0.117. The Morgan fingerprint density at radius 2 is 1.52 bits per heavy atom. The highest BCUT2D eigenvalue weighted by molar-refractivity contribution is 8.18. The number of hydrogen-bond acceptors (Lipinski definition) is 7. The van der Waals surface area contributed by atoms with Crippen LogP contribution in [0, 0.1) is 5.82 Å². The maximum atomic E-state index is 14.5. The molecule has 0 saturated carbocycles. The fourth-order valence-electron chi connectivity index (χ4n) is 6.63. The summed E-state index contributed by atoms with van der Waals surface area (Å²) in [5, 5.41) is 1.79. The molecule has 0 radical (unpaired) electrons. The van der Waals surface area contributed by atoms with Crippen molar-refractivity contribution in [2.75, 3.05) is 18.5 Å². The van der Waals surface area contributed by atoms with Crippen molar-refractivity contribution in [3.63, 3.8) is 0 Å². The number of nitrogens with one attached hydrogen (secondary N) is 1. The van der Waals surface area contributed by atoms with Crippen molar-refractivity contribution >= 4 is 52.3 Å². The number of carbonyl (C=O) groups is 5. The molecule has 2 heterocycles. The molecule has 2 fully saturated rings. The molecule has 270 valence electrons. The highest BCUT2D eigenvalue weighted by Crippen LogP contribution is 2.31. The van der Waals surface area contributed by atoms with E-state index in [9.17, 15) is 28.4 Å². The lowest BCUT2D eigenvalue weighted by Crippen LogP contribution is -2.47. The standard InChI is InChI=1S/C43H34FN3O6S/c1-46(32-21-15-27(16-22-32)23-38-40(49)45-43(52)54-38)42(51)37-24-33(53-26-30-11-5-6-12-34(30)28-9-3-2-4-10-28)25-47(37)41(50)36-14-8-7-13-35(36)39(48)29-17-19-31(44)20-18-29/h2-23,33,37H,24-26H2,1H3,(H,45,49,52)/b38-23+/t33-,37+/m1/s1. The molecule has 0 spiro atoms. The smallest absolute Gasteiger partial charge is 0.290 e. The number of anilines is 1. The van der Waals surface area contributed by atoms with Crippen molar-refractivity contribution in [3.05, 3.63) is 166 Å². The van der Waals surface area contributed by atoms with E-state index >= 15 is 0 Å². The SMILES string of the molecule is CN(C(=O)[C@@H]1C[C@@H](OCc2ccccc2-c2ccccc2)CN1C(=O)c1ccccc1C(=O)c1ccc(F)cc1)c1ccc(/C=C2/SC(=O)NC2=O)cc1. The van der Waals surface area contributed by atoms with E-state index in [0.717, 1.165) is 28.5 Å². The Morgan fingerprint density at radius 1 is 0.852 bits per heavy atom. The number of likely N-dealkylation sites (tertiary alicyclic amines) is 1. The molecule has 4 amide bonds. The maximum Gasteiger partial charge on any atom is 0.290 e. The van der Waals surface area contributed by atoms with Crippen LogP contribution < -0.4 is 10.2 Å². The lowest BCUT2D eigenvalue weighted by atomic mass is 9.97. The molecule has 0 aliphatic carbocycles. The van der Waals surface area contributed by atoms with Gasteiger partial charge in [-0.05, 0) is 82.6 Å². The van der Waals surface area contributed by atoms with Crippen molar-refractivity contribution in [1.29, 1.82) is 0 Å².